The first-order valence-electron chi connectivity index (χ1n) is 4.36. The minimum Gasteiger partial charge on any atom is -0.477 e. The minimum absolute atomic E-state index is 1.02. The molecule has 0 radical (unpaired) electrons. The van der Waals surface area contributed by atoms with Crippen molar-refractivity contribution in [3.63, 3.8) is 0 Å². The fraction of sp³-hybridized carbons (Fsp3) is 0.750. The van der Waals surface area contributed by atoms with Crippen molar-refractivity contribution in [3.8, 4) is 0 Å². The van der Waals surface area contributed by atoms with E-state index in [1.165, 1.54) is 0 Å². The molecule has 0 aromatic rings. The molecule has 0 aliphatic heterocycles. The van der Waals surface area contributed by atoms with E-state index in [-0.39, 0.29) is 0 Å². The van der Waals surface area contributed by atoms with Gasteiger partial charge in [-0.3, -0.25) is 0 Å². The Morgan fingerprint density at radius 3 is 1.67 bits per heavy atom. The van der Waals surface area contributed by atoms with E-state index < -0.39 is 35.8 Å². The van der Waals surface area contributed by atoms with E-state index in [4.69, 9.17) is 5.11 Å². The monoisotopic (exact) mass is 282 g/mol. The molecule has 18 heavy (non-hydrogen) atoms. The van der Waals surface area contributed by atoms with Gasteiger partial charge in [0, 0.05) is 0 Å². The van der Waals surface area contributed by atoms with Crippen molar-refractivity contribution in [2.45, 2.75) is 37.7 Å². The van der Waals surface area contributed by atoms with Gasteiger partial charge in [0.2, 0.25) is 0 Å². The molecule has 0 saturated heterocycles. The third-order valence-electron chi connectivity index (χ3n) is 1.66. The van der Waals surface area contributed by atoms with E-state index in [1.54, 1.807) is 0 Å². The second-order valence-electron chi connectivity index (χ2n) is 3.48. The van der Waals surface area contributed by atoms with Crippen LogP contribution in [0, 0.1) is 0 Å². The number of carboxylic acid groups (broad SMARTS) is 1. The number of ether oxygens (including phenoxy) is 1. The first-order valence-corrected chi connectivity index (χ1v) is 4.36. The van der Waals surface area contributed by atoms with Crippen LogP contribution in [0.5, 0.6) is 0 Å². The summed E-state index contributed by atoms with van der Waals surface area (Å²) in [6, 6.07) is 0. The van der Waals surface area contributed by atoms with Crippen molar-refractivity contribution in [1.29, 1.82) is 0 Å². The molecular weight excluding hydrogens is 274 g/mol. The van der Waals surface area contributed by atoms with E-state index in [0.717, 1.165) is 13.8 Å². The smallest absolute Gasteiger partial charge is 0.411 e. The van der Waals surface area contributed by atoms with Crippen molar-refractivity contribution in [3.05, 3.63) is 0 Å². The number of hydrogen-bond donors (Lipinski definition) is 1. The second kappa shape index (κ2) is 4.65. The fourth-order valence-electron chi connectivity index (χ4n) is 0.748. The maximum absolute atomic E-state index is 12.8. The molecule has 0 amide bonds. The summed E-state index contributed by atoms with van der Waals surface area (Å²) < 4.78 is 79.8. The number of hydrogen-bond acceptors (Lipinski definition) is 3. The van der Waals surface area contributed by atoms with Gasteiger partial charge in [-0.15, -0.1) is 0 Å². The molecule has 10 heteroatoms. The van der Waals surface area contributed by atoms with Crippen LogP contribution in [0.25, 0.3) is 0 Å². The van der Waals surface area contributed by atoms with Crippen LogP contribution in [-0.2, 0) is 14.3 Å². The molecule has 0 aromatic carbocycles. The van der Waals surface area contributed by atoms with E-state index in [0.29, 0.717) is 0 Å². The molecular formula is C8H8F6O4. The highest BCUT2D eigenvalue weighted by Gasteiger charge is 2.79. The summed E-state index contributed by atoms with van der Waals surface area (Å²) in [6.07, 6.45) is -1.27. The molecule has 0 fully saturated rings. The standard InChI is InChI=1S/C8H8F6O4/c1-3(2)18-5(17)7(11,12)8(13,14)6(9,10)4(15)16/h3H,1-2H3,(H,15,16). The lowest BCUT2D eigenvalue weighted by molar-refractivity contribution is -0.300. The highest BCUT2D eigenvalue weighted by Crippen LogP contribution is 2.46. The zero-order valence-electron chi connectivity index (χ0n) is 9.02. The van der Waals surface area contributed by atoms with Crippen molar-refractivity contribution in [2.24, 2.45) is 0 Å². The Morgan fingerprint density at radius 2 is 1.39 bits per heavy atom. The SMILES string of the molecule is CC(C)OC(=O)C(F)(F)C(F)(F)C(F)(F)C(=O)O. The van der Waals surface area contributed by atoms with Gasteiger partial charge in [0.15, 0.2) is 0 Å². The fourth-order valence-corrected chi connectivity index (χ4v) is 0.748. The maximum Gasteiger partial charge on any atom is 0.411 e. The average Bonchev–Trinajstić information content (AvgIpc) is 2.15. The van der Waals surface area contributed by atoms with Gasteiger partial charge < -0.3 is 9.84 Å². The summed E-state index contributed by atoms with van der Waals surface area (Å²) in [7, 11) is 0. The molecule has 0 heterocycles. The van der Waals surface area contributed by atoms with Crippen LogP contribution in [0.4, 0.5) is 26.3 Å². The number of carbonyl (C=O) groups excluding carboxylic acids is 1. The summed E-state index contributed by atoms with van der Waals surface area (Å²) in [4.78, 5) is 20.5. The van der Waals surface area contributed by atoms with Crippen LogP contribution in [0.3, 0.4) is 0 Å². The van der Waals surface area contributed by atoms with Gasteiger partial charge in [-0.25, -0.2) is 9.59 Å². The van der Waals surface area contributed by atoms with Gasteiger partial charge in [-0.2, -0.15) is 26.3 Å². The van der Waals surface area contributed by atoms with Crippen molar-refractivity contribution < 1.29 is 45.8 Å². The van der Waals surface area contributed by atoms with Gasteiger partial charge in [0.25, 0.3) is 0 Å². The van der Waals surface area contributed by atoms with Crippen molar-refractivity contribution in [1.82, 2.24) is 0 Å². The molecule has 0 unspecified atom stereocenters. The van der Waals surface area contributed by atoms with Gasteiger partial charge in [-0.05, 0) is 13.8 Å². The molecule has 0 aromatic heterocycles. The lowest BCUT2D eigenvalue weighted by Crippen LogP contribution is -2.61. The molecule has 4 nitrogen and oxygen atoms in total. The van der Waals surface area contributed by atoms with Crippen molar-refractivity contribution >= 4 is 11.9 Å². The van der Waals surface area contributed by atoms with Gasteiger partial charge in [0.05, 0.1) is 6.10 Å². The second-order valence-corrected chi connectivity index (χ2v) is 3.48. The molecule has 1 N–H and O–H groups in total. The topological polar surface area (TPSA) is 63.6 Å². The number of carboxylic acids is 1. The summed E-state index contributed by atoms with van der Waals surface area (Å²) in [5, 5.41) is 7.79. The summed E-state index contributed by atoms with van der Waals surface area (Å²) in [5.41, 5.74) is 0. The Bertz CT molecular complexity index is 351. The molecule has 0 saturated carbocycles. The predicted molar refractivity (Wildman–Crippen MR) is 43.7 cm³/mol. The van der Waals surface area contributed by atoms with Gasteiger partial charge in [-0.1, -0.05) is 0 Å². The number of halogens is 6. The molecule has 0 rings (SSSR count). The van der Waals surface area contributed by atoms with Crippen LogP contribution in [0.2, 0.25) is 0 Å². The van der Waals surface area contributed by atoms with E-state index >= 15 is 0 Å². The van der Waals surface area contributed by atoms with Crippen LogP contribution in [0.1, 0.15) is 13.8 Å². The summed E-state index contributed by atoms with van der Waals surface area (Å²) in [6.45, 7) is 2.03. The van der Waals surface area contributed by atoms with E-state index in [1.807, 2.05) is 0 Å². The Hall–Kier alpha value is -1.48. The number of carbonyl (C=O) groups is 2. The normalized spacial score (nSPS) is 13.6. The number of aliphatic carboxylic acids is 1. The molecule has 106 valence electrons. The van der Waals surface area contributed by atoms with Crippen LogP contribution in [-0.4, -0.2) is 40.9 Å². The first kappa shape index (κ1) is 16.5. The Labute approximate surface area is 96.5 Å². The molecule has 0 aliphatic carbocycles. The van der Waals surface area contributed by atoms with Crippen LogP contribution < -0.4 is 0 Å². The van der Waals surface area contributed by atoms with Crippen molar-refractivity contribution in [2.75, 3.05) is 0 Å². The summed E-state index contributed by atoms with van der Waals surface area (Å²) >= 11 is 0. The first-order chi connectivity index (χ1) is 7.78. The summed E-state index contributed by atoms with van der Waals surface area (Å²) in [5.74, 6) is -24.9. The zero-order chi connectivity index (χ0) is 14.9. The van der Waals surface area contributed by atoms with E-state index in [9.17, 15) is 35.9 Å². The Balaban J connectivity index is 5.45. The number of esters is 1. The zero-order valence-corrected chi connectivity index (χ0v) is 9.02. The lowest BCUT2D eigenvalue weighted by atomic mass is 10.0. The predicted octanol–water partition coefficient (Wildman–Crippen LogP) is 1.93. The molecule has 0 aliphatic rings. The lowest BCUT2D eigenvalue weighted by Gasteiger charge is -2.29. The quantitative estimate of drug-likeness (QED) is 0.618. The molecule has 0 atom stereocenters. The molecule has 0 bridgehead atoms. The average molecular weight is 282 g/mol. The Morgan fingerprint density at radius 1 is 1.00 bits per heavy atom. The third-order valence-corrected chi connectivity index (χ3v) is 1.66. The highest BCUT2D eigenvalue weighted by atomic mass is 19.3. The van der Waals surface area contributed by atoms with Crippen LogP contribution in [0.15, 0.2) is 0 Å². The number of alkyl halides is 6. The number of rotatable bonds is 5. The largest absolute Gasteiger partial charge is 0.477 e. The maximum atomic E-state index is 12.8. The van der Waals surface area contributed by atoms with E-state index in [2.05, 4.69) is 4.74 Å². The van der Waals surface area contributed by atoms with Crippen LogP contribution >= 0.6 is 0 Å². The van der Waals surface area contributed by atoms with Gasteiger partial charge in [0.1, 0.15) is 0 Å². The van der Waals surface area contributed by atoms with Gasteiger partial charge >= 0.3 is 29.7 Å². The minimum atomic E-state index is -6.42. The highest BCUT2D eigenvalue weighted by molar-refractivity contribution is 5.83. The Kier molecular flexibility index (Phi) is 4.27. The molecule has 0 spiro atoms. The third kappa shape index (κ3) is 2.51.